The van der Waals surface area contributed by atoms with E-state index in [1.807, 2.05) is 13.0 Å². The average molecular weight is 643 g/mol. The predicted octanol–water partition coefficient (Wildman–Crippen LogP) is 4.63. The van der Waals surface area contributed by atoms with Gasteiger partial charge in [0.15, 0.2) is 17.3 Å². The van der Waals surface area contributed by atoms with Crippen LogP contribution in [-0.4, -0.2) is 55.2 Å². The van der Waals surface area contributed by atoms with Crippen molar-refractivity contribution in [1.82, 2.24) is 4.98 Å². The number of phenolic OH excluding ortho intramolecular Hbond substituents is 3. The monoisotopic (exact) mass is 642 g/mol. The van der Waals surface area contributed by atoms with E-state index in [9.17, 15) is 39.3 Å². The van der Waals surface area contributed by atoms with Crippen molar-refractivity contribution in [2.75, 3.05) is 0 Å². The SMILES string of the molecule is CC=CC=Cc1cc2c(Br)c3c(c(O)c2c(=O)[nH]1)[C@@]1(CC3)C(=O)c2c(O)c3c(c(O)c2C1=O)C(=O)C(=NC1CC1)CC3=O. The number of benzene rings is 2. The van der Waals surface area contributed by atoms with Gasteiger partial charge in [0.2, 0.25) is 5.78 Å². The molecule has 1 aromatic heterocycles. The summed E-state index contributed by atoms with van der Waals surface area (Å²) < 4.78 is 0.412. The second kappa shape index (κ2) is 9.18. The van der Waals surface area contributed by atoms with Gasteiger partial charge in [0.25, 0.3) is 5.56 Å². The Morgan fingerprint density at radius 3 is 2.28 bits per heavy atom. The van der Waals surface area contributed by atoms with E-state index in [1.165, 1.54) is 0 Å². The molecule has 1 spiro atoms. The number of nitrogens with one attached hydrogen (secondary N) is 1. The summed E-state index contributed by atoms with van der Waals surface area (Å²) in [5.74, 6) is -5.65. The van der Waals surface area contributed by atoms with E-state index in [4.69, 9.17) is 0 Å². The highest BCUT2D eigenvalue weighted by molar-refractivity contribution is 9.10. The molecule has 216 valence electrons. The van der Waals surface area contributed by atoms with Crippen molar-refractivity contribution >= 4 is 61.6 Å². The van der Waals surface area contributed by atoms with E-state index in [0.29, 0.717) is 21.1 Å². The zero-order valence-corrected chi connectivity index (χ0v) is 24.3. The maximum atomic E-state index is 14.2. The first kappa shape index (κ1) is 27.2. The molecule has 1 saturated carbocycles. The van der Waals surface area contributed by atoms with E-state index in [1.54, 1.807) is 24.3 Å². The van der Waals surface area contributed by atoms with Crippen molar-refractivity contribution in [2.24, 2.45) is 4.99 Å². The Balaban J connectivity index is 1.45. The number of hydrogen-bond donors (Lipinski definition) is 4. The van der Waals surface area contributed by atoms with Gasteiger partial charge in [-0.15, -0.1) is 0 Å². The number of hydrogen-bond acceptors (Lipinski definition) is 9. The summed E-state index contributed by atoms with van der Waals surface area (Å²) in [6.07, 6.45) is 8.13. The molecule has 0 amide bonds. The number of Topliss-reactive ketones (excluding diaryl/α,β-unsaturated/α-hetero) is 4. The average Bonchev–Trinajstić information content (AvgIpc) is 3.64. The Morgan fingerprint density at radius 1 is 0.953 bits per heavy atom. The Hall–Kier alpha value is -4.64. The fraction of sp³-hybridized carbons (Fsp3) is 0.250. The number of aromatic nitrogens is 1. The molecule has 43 heavy (non-hydrogen) atoms. The lowest BCUT2D eigenvalue weighted by Gasteiger charge is -2.23. The molecule has 1 heterocycles. The number of nitrogens with zero attached hydrogens (tertiary/aromatic N) is 1. The second-order valence-corrected chi connectivity index (χ2v) is 12.0. The Morgan fingerprint density at radius 2 is 1.63 bits per heavy atom. The Bertz CT molecular complexity index is 2060. The first-order chi connectivity index (χ1) is 20.5. The fourth-order valence-corrected chi connectivity index (χ4v) is 7.37. The van der Waals surface area contributed by atoms with Crippen LogP contribution in [-0.2, 0) is 11.8 Å². The molecule has 1 atom stereocenters. The number of ketones is 4. The summed E-state index contributed by atoms with van der Waals surface area (Å²) in [5, 5.41) is 34.4. The molecule has 4 aliphatic carbocycles. The van der Waals surface area contributed by atoms with Crippen LogP contribution in [0.2, 0.25) is 0 Å². The van der Waals surface area contributed by atoms with Gasteiger partial charge < -0.3 is 20.3 Å². The van der Waals surface area contributed by atoms with E-state index in [0.717, 1.165) is 12.8 Å². The van der Waals surface area contributed by atoms with Gasteiger partial charge in [0.1, 0.15) is 22.7 Å². The van der Waals surface area contributed by atoms with Crippen LogP contribution in [0, 0.1) is 0 Å². The lowest BCUT2D eigenvalue weighted by Crippen LogP contribution is -2.36. The number of rotatable bonds is 3. The molecule has 0 aliphatic heterocycles. The fourth-order valence-electron chi connectivity index (χ4n) is 6.66. The highest BCUT2D eigenvalue weighted by Gasteiger charge is 2.62. The van der Waals surface area contributed by atoms with Crippen molar-refractivity contribution < 1.29 is 34.5 Å². The molecule has 11 heteroatoms. The van der Waals surface area contributed by atoms with Gasteiger partial charge >= 0.3 is 0 Å². The number of aliphatic imine (C=N–C) groups is 1. The van der Waals surface area contributed by atoms with Crippen LogP contribution in [0.15, 0.2) is 38.6 Å². The van der Waals surface area contributed by atoms with E-state index in [-0.39, 0.29) is 35.5 Å². The normalized spacial score (nSPS) is 22.1. The van der Waals surface area contributed by atoms with Gasteiger partial charge in [0.05, 0.1) is 45.8 Å². The van der Waals surface area contributed by atoms with Crippen molar-refractivity contribution in [2.45, 2.75) is 50.5 Å². The summed E-state index contributed by atoms with van der Waals surface area (Å²) in [5.41, 5.74) is -4.28. The maximum absolute atomic E-state index is 14.2. The van der Waals surface area contributed by atoms with E-state index in [2.05, 4.69) is 25.9 Å². The molecule has 4 N–H and O–H groups in total. The molecule has 0 unspecified atom stereocenters. The smallest absolute Gasteiger partial charge is 0.260 e. The van der Waals surface area contributed by atoms with Crippen molar-refractivity contribution in [3.8, 4) is 17.2 Å². The predicted molar refractivity (Wildman–Crippen MR) is 160 cm³/mol. The molecular weight excluding hydrogens is 620 g/mol. The zero-order chi connectivity index (χ0) is 30.5. The second-order valence-electron chi connectivity index (χ2n) is 11.2. The minimum Gasteiger partial charge on any atom is -0.507 e. The number of aromatic amines is 1. The van der Waals surface area contributed by atoms with Crippen molar-refractivity contribution in [3.63, 3.8) is 0 Å². The number of aromatic hydroxyl groups is 3. The number of halogens is 1. The summed E-state index contributed by atoms with van der Waals surface area (Å²) in [6, 6.07) is 1.56. The summed E-state index contributed by atoms with van der Waals surface area (Å²) in [7, 11) is 0. The quantitative estimate of drug-likeness (QED) is 0.182. The molecule has 7 rings (SSSR count). The number of H-pyrrole nitrogens is 1. The van der Waals surface area contributed by atoms with Crippen LogP contribution >= 0.6 is 15.9 Å². The number of pyridine rings is 1. The van der Waals surface area contributed by atoms with Crippen LogP contribution < -0.4 is 5.56 Å². The Labute approximate surface area is 251 Å². The highest BCUT2D eigenvalue weighted by atomic mass is 79.9. The third kappa shape index (κ3) is 3.51. The van der Waals surface area contributed by atoms with Crippen LogP contribution in [0.3, 0.4) is 0 Å². The van der Waals surface area contributed by atoms with Gasteiger partial charge in [-0.3, -0.25) is 29.0 Å². The minimum atomic E-state index is -2.09. The van der Waals surface area contributed by atoms with Gasteiger partial charge in [-0.25, -0.2) is 0 Å². The number of phenols is 3. The molecule has 3 aromatic rings. The molecule has 0 radical (unpaired) electrons. The first-order valence-electron chi connectivity index (χ1n) is 13.8. The summed E-state index contributed by atoms with van der Waals surface area (Å²) >= 11 is 3.53. The minimum absolute atomic E-state index is 0.0699. The molecule has 0 saturated heterocycles. The molecule has 0 bridgehead atoms. The maximum Gasteiger partial charge on any atom is 0.260 e. The summed E-state index contributed by atoms with van der Waals surface area (Å²) in [4.78, 5) is 75.1. The first-order valence-corrected chi connectivity index (χ1v) is 14.6. The number of carbonyl (C=O) groups is 4. The highest BCUT2D eigenvalue weighted by Crippen LogP contribution is 2.58. The third-order valence-corrected chi connectivity index (χ3v) is 9.65. The molecule has 10 nitrogen and oxygen atoms in total. The topological polar surface area (TPSA) is 174 Å². The van der Waals surface area contributed by atoms with Gasteiger partial charge in [-0.2, -0.15) is 0 Å². The molecule has 1 fully saturated rings. The van der Waals surface area contributed by atoms with E-state index >= 15 is 0 Å². The Kier molecular flexibility index (Phi) is 5.81. The lowest BCUT2D eigenvalue weighted by atomic mass is 9.76. The number of carbonyl (C=O) groups excluding carboxylic acids is 4. The van der Waals surface area contributed by atoms with Gasteiger partial charge in [-0.05, 0) is 66.2 Å². The van der Waals surface area contributed by atoms with Crippen LogP contribution in [0.1, 0.15) is 90.9 Å². The largest absolute Gasteiger partial charge is 0.507 e. The molecule has 4 aliphatic rings. The van der Waals surface area contributed by atoms with E-state index < -0.39 is 80.0 Å². The van der Waals surface area contributed by atoms with Crippen LogP contribution in [0.25, 0.3) is 16.8 Å². The molecular formula is C32H23BrN2O8. The van der Waals surface area contributed by atoms with Crippen LogP contribution in [0.5, 0.6) is 17.2 Å². The van der Waals surface area contributed by atoms with Crippen LogP contribution in [0.4, 0.5) is 0 Å². The van der Waals surface area contributed by atoms with Gasteiger partial charge in [-0.1, -0.05) is 18.2 Å². The zero-order valence-electron chi connectivity index (χ0n) is 22.7. The number of allylic oxidation sites excluding steroid dienone is 3. The lowest BCUT2D eigenvalue weighted by molar-refractivity contribution is 0.0790. The molecule has 2 aromatic carbocycles. The summed E-state index contributed by atoms with van der Waals surface area (Å²) in [6.45, 7) is 1.84. The van der Waals surface area contributed by atoms with Crippen molar-refractivity contribution in [3.05, 3.63) is 78.2 Å². The number of fused-ring (bicyclic) bond motifs is 5. The van der Waals surface area contributed by atoms with Crippen molar-refractivity contribution in [1.29, 1.82) is 0 Å². The van der Waals surface area contributed by atoms with Gasteiger partial charge in [0, 0.05) is 21.1 Å². The third-order valence-electron chi connectivity index (χ3n) is 8.74. The standard InChI is InChI=1S/C32H23BrN2O8/c1-2-3-4-5-13-10-15-18(31(43)35-13)28(40)23-14(24(15)33)8-9-32(23)29(41)21-22(30(32)42)27(39)20-19(26(21)38)17(36)11-16(25(20)37)34-12-6-7-12/h2-5,10,12,38-40H,6-9,11H2,1H3,(H,35,43)/t32-/m0/s1.